The molecule has 0 atom stereocenters. The molecule has 2 rings (SSSR count). The number of carbonyl (C=O) groups is 1. The highest BCUT2D eigenvalue weighted by Crippen LogP contribution is 2.26. The summed E-state index contributed by atoms with van der Waals surface area (Å²) < 4.78 is 8.54. The van der Waals surface area contributed by atoms with Crippen LogP contribution in [0.1, 0.15) is 13.8 Å². The number of benzene rings is 1. The monoisotopic (exact) mass is 250 g/mol. The molecule has 0 radical (unpaired) electrons. The number of rotatable bonds is 2. The van der Waals surface area contributed by atoms with E-state index in [1.165, 1.54) is 18.3 Å². The van der Waals surface area contributed by atoms with E-state index < -0.39 is 0 Å². The van der Waals surface area contributed by atoms with Crippen LogP contribution >= 0.6 is 11.3 Å². The van der Waals surface area contributed by atoms with Gasteiger partial charge in [-0.3, -0.25) is 4.79 Å². The molecule has 0 saturated heterocycles. The Balaban J connectivity index is 2.74. The van der Waals surface area contributed by atoms with Crippen molar-refractivity contribution in [2.45, 2.75) is 13.8 Å². The summed E-state index contributed by atoms with van der Waals surface area (Å²) >= 11 is 1.49. The van der Waals surface area contributed by atoms with Gasteiger partial charge in [0, 0.05) is 14.0 Å². The van der Waals surface area contributed by atoms with Gasteiger partial charge in [-0.05, 0) is 19.1 Å². The third kappa shape index (κ3) is 2.24. The molecule has 0 N–H and O–H groups in total. The number of ether oxygens (including phenoxy) is 1. The fourth-order valence-corrected chi connectivity index (χ4v) is 2.76. The van der Waals surface area contributed by atoms with Gasteiger partial charge in [0.15, 0.2) is 4.80 Å². The standard InChI is InChI=1S/C12H14N2O2S/c1-4-16-9-6-5-7-10-11(9)14(3)12(17-10)13-8(2)15/h5-7H,4H2,1-3H3. The zero-order chi connectivity index (χ0) is 12.4. The van der Waals surface area contributed by atoms with Gasteiger partial charge in [0.1, 0.15) is 11.3 Å². The van der Waals surface area contributed by atoms with E-state index in [4.69, 9.17) is 4.74 Å². The van der Waals surface area contributed by atoms with Gasteiger partial charge >= 0.3 is 0 Å². The molecule has 0 aliphatic heterocycles. The average Bonchev–Trinajstić information content (AvgIpc) is 2.57. The molecule has 90 valence electrons. The molecule has 0 aliphatic rings. The lowest BCUT2D eigenvalue weighted by molar-refractivity contribution is -0.116. The second-order valence-corrected chi connectivity index (χ2v) is 4.62. The van der Waals surface area contributed by atoms with Crippen molar-refractivity contribution in [1.82, 2.24) is 4.57 Å². The lowest BCUT2D eigenvalue weighted by Gasteiger charge is -2.05. The SMILES string of the molecule is CCOc1cccc2sc(=NC(C)=O)n(C)c12. The Morgan fingerprint density at radius 2 is 2.29 bits per heavy atom. The molecule has 17 heavy (non-hydrogen) atoms. The number of carbonyl (C=O) groups excluding carboxylic acids is 1. The van der Waals surface area contributed by atoms with Crippen molar-refractivity contribution in [2.75, 3.05) is 6.61 Å². The third-order valence-corrected chi connectivity index (χ3v) is 3.44. The number of aromatic nitrogens is 1. The van der Waals surface area contributed by atoms with Gasteiger partial charge in [0.05, 0.1) is 11.3 Å². The number of amides is 1. The normalized spacial score (nSPS) is 12.1. The smallest absolute Gasteiger partial charge is 0.245 e. The van der Waals surface area contributed by atoms with Crippen molar-refractivity contribution in [3.05, 3.63) is 23.0 Å². The maximum absolute atomic E-state index is 11.0. The van der Waals surface area contributed by atoms with Gasteiger partial charge in [0.25, 0.3) is 0 Å². The molecule has 0 aliphatic carbocycles. The first-order chi connectivity index (χ1) is 8.13. The first-order valence-electron chi connectivity index (χ1n) is 5.40. The fourth-order valence-electron chi connectivity index (χ4n) is 1.68. The Bertz CT molecular complexity index is 625. The number of para-hydroxylation sites is 1. The van der Waals surface area contributed by atoms with Crippen LogP contribution in [0, 0.1) is 0 Å². The molecule has 5 heteroatoms. The Morgan fingerprint density at radius 1 is 1.53 bits per heavy atom. The van der Waals surface area contributed by atoms with Crippen LogP contribution in [0.4, 0.5) is 0 Å². The summed E-state index contributed by atoms with van der Waals surface area (Å²) in [6, 6.07) is 5.87. The summed E-state index contributed by atoms with van der Waals surface area (Å²) in [5.74, 6) is 0.638. The first kappa shape index (κ1) is 11.9. The van der Waals surface area contributed by atoms with Crippen LogP contribution in [-0.4, -0.2) is 17.1 Å². The highest BCUT2D eigenvalue weighted by atomic mass is 32.1. The molecule has 0 saturated carbocycles. The van der Waals surface area contributed by atoms with Crippen LogP contribution in [0.3, 0.4) is 0 Å². The first-order valence-corrected chi connectivity index (χ1v) is 6.21. The maximum Gasteiger partial charge on any atom is 0.245 e. The Labute approximate surface area is 103 Å². The third-order valence-electron chi connectivity index (χ3n) is 2.34. The number of aryl methyl sites for hydroxylation is 1. The fraction of sp³-hybridized carbons (Fsp3) is 0.333. The van der Waals surface area contributed by atoms with E-state index in [2.05, 4.69) is 4.99 Å². The predicted octanol–water partition coefficient (Wildman–Crippen LogP) is 2.09. The van der Waals surface area contributed by atoms with Gasteiger partial charge in [-0.25, -0.2) is 0 Å². The molecule has 0 spiro atoms. The quantitative estimate of drug-likeness (QED) is 0.819. The van der Waals surface area contributed by atoms with E-state index in [9.17, 15) is 4.79 Å². The van der Waals surface area contributed by atoms with Crippen molar-refractivity contribution in [3.8, 4) is 5.75 Å². The highest BCUT2D eigenvalue weighted by Gasteiger charge is 2.08. The Morgan fingerprint density at radius 3 is 2.94 bits per heavy atom. The van der Waals surface area contributed by atoms with E-state index in [-0.39, 0.29) is 5.91 Å². The van der Waals surface area contributed by atoms with Gasteiger partial charge < -0.3 is 9.30 Å². The number of hydrogen-bond acceptors (Lipinski definition) is 3. The minimum Gasteiger partial charge on any atom is -0.492 e. The Hall–Kier alpha value is -1.62. The van der Waals surface area contributed by atoms with Gasteiger partial charge in [-0.2, -0.15) is 4.99 Å². The Kier molecular flexibility index (Phi) is 3.28. The second-order valence-electron chi connectivity index (χ2n) is 3.61. The number of thiazole rings is 1. The summed E-state index contributed by atoms with van der Waals surface area (Å²) in [6.45, 7) is 4.02. The average molecular weight is 250 g/mol. The van der Waals surface area contributed by atoms with Crippen molar-refractivity contribution >= 4 is 27.5 Å². The van der Waals surface area contributed by atoms with Crippen molar-refractivity contribution in [3.63, 3.8) is 0 Å². The van der Waals surface area contributed by atoms with Crippen LogP contribution in [0.25, 0.3) is 10.2 Å². The molecule has 2 aromatic rings. The molecule has 1 aromatic carbocycles. The summed E-state index contributed by atoms with van der Waals surface area (Å²) in [6.07, 6.45) is 0. The molecule has 1 heterocycles. The highest BCUT2D eigenvalue weighted by molar-refractivity contribution is 7.16. The predicted molar refractivity (Wildman–Crippen MR) is 68.2 cm³/mol. The minimum atomic E-state index is -0.190. The summed E-state index contributed by atoms with van der Waals surface area (Å²) in [5.41, 5.74) is 0.986. The maximum atomic E-state index is 11.0. The second kappa shape index (κ2) is 4.71. The summed E-state index contributed by atoms with van der Waals surface area (Å²) in [5, 5.41) is 0. The largest absolute Gasteiger partial charge is 0.492 e. The lowest BCUT2D eigenvalue weighted by atomic mass is 10.3. The summed E-state index contributed by atoms with van der Waals surface area (Å²) in [7, 11) is 1.89. The van der Waals surface area contributed by atoms with Crippen LogP contribution < -0.4 is 9.54 Å². The van der Waals surface area contributed by atoms with Crippen molar-refractivity contribution in [2.24, 2.45) is 12.0 Å². The van der Waals surface area contributed by atoms with Crippen LogP contribution in [0.15, 0.2) is 23.2 Å². The molecule has 0 unspecified atom stereocenters. The van der Waals surface area contributed by atoms with Crippen molar-refractivity contribution < 1.29 is 9.53 Å². The van der Waals surface area contributed by atoms with E-state index in [0.29, 0.717) is 11.4 Å². The molecule has 4 nitrogen and oxygen atoms in total. The zero-order valence-electron chi connectivity index (χ0n) is 10.1. The van der Waals surface area contributed by atoms with Crippen molar-refractivity contribution in [1.29, 1.82) is 0 Å². The van der Waals surface area contributed by atoms with E-state index in [0.717, 1.165) is 16.0 Å². The number of hydrogen-bond donors (Lipinski definition) is 0. The van der Waals surface area contributed by atoms with Gasteiger partial charge in [-0.15, -0.1) is 0 Å². The molecule has 0 fully saturated rings. The number of fused-ring (bicyclic) bond motifs is 1. The lowest BCUT2D eigenvalue weighted by Crippen LogP contribution is -2.12. The van der Waals surface area contributed by atoms with Crippen LogP contribution in [-0.2, 0) is 11.8 Å². The zero-order valence-corrected chi connectivity index (χ0v) is 10.9. The summed E-state index contributed by atoms with van der Waals surface area (Å²) in [4.78, 5) is 15.7. The molecule has 1 aromatic heterocycles. The molecular formula is C12H14N2O2S. The van der Waals surface area contributed by atoms with Gasteiger partial charge in [-0.1, -0.05) is 17.4 Å². The minimum absolute atomic E-state index is 0.190. The van der Waals surface area contributed by atoms with Crippen LogP contribution in [0.2, 0.25) is 0 Å². The number of nitrogens with zero attached hydrogens (tertiary/aromatic N) is 2. The molecule has 1 amide bonds. The topological polar surface area (TPSA) is 43.6 Å². The molecular weight excluding hydrogens is 236 g/mol. The van der Waals surface area contributed by atoms with Gasteiger partial charge in [0.2, 0.25) is 5.91 Å². The van der Waals surface area contributed by atoms with E-state index in [1.807, 2.05) is 36.7 Å². The van der Waals surface area contributed by atoms with Crippen LogP contribution in [0.5, 0.6) is 5.75 Å². The molecule has 0 bridgehead atoms. The van der Waals surface area contributed by atoms with E-state index in [1.54, 1.807) is 0 Å². The van der Waals surface area contributed by atoms with E-state index >= 15 is 0 Å².